The van der Waals surface area contributed by atoms with Crippen molar-refractivity contribution in [3.8, 4) is 0 Å². The average molecular weight is 414 g/mol. The van der Waals surface area contributed by atoms with Gasteiger partial charge in [-0.3, -0.25) is 9.59 Å². The van der Waals surface area contributed by atoms with Gasteiger partial charge in [0, 0.05) is 18.7 Å². The number of likely N-dealkylation sites (tertiary alicyclic amines) is 1. The number of halogens is 1. The Hall–Kier alpha value is -1.24. The predicted octanol–water partition coefficient (Wildman–Crippen LogP) is 2.81. The number of nitrogens with zero attached hydrogens (tertiary/aromatic N) is 1. The Bertz CT molecular complexity index is 566. The number of hydrogen-bond acceptors (Lipinski definition) is 4. The molecule has 1 heterocycles. The molecule has 0 radical (unpaired) electrons. The Morgan fingerprint density at radius 2 is 1.89 bits per heavy atom. The molecule has 1 aromatic carbocycles. The van der Waals surface area contributed by atoms with Crippen LogP contribution in [0.2, 0.25) is 0 Å². The highest BCUT2D eigenvalue weighted by Crippen LogP contribution is 2.18. The highest BCUT2D eigenvalue weighted by atomic mass is 35.5. The van der Waals surface area contributed by atoms with Gasteiger partial charge in [-0.15, -0.1) is 12.4 Å². The zero-order chi connectivity index (χ0) is 18.8. The molecule has 1 saturated heterocycles. The van der Waals surface area contributed by atoms with Gasteiger partial charge in [0.25, 0.3) is 5.91 Å². The summed E-state index contributed by atoms with van der Waals surface area (Å²) in [6.45, 7) is 5.70. The molecule has 1 unspecified atom stereocenters. The molecule has 1 aliphatic rings. The number of amides is 2. The maximum absolute atomic E-state index is 13.0. The fourth-order valence-corrected chi connectivity index (χ4v) is 3.72. The topological polar surface area (TPSA) is 61.4 Å². The number of nitrogens with one attached hydrogen (secondary N) is 2. The summed E-state index contributed by atoms with van der Waals surface area (Å²) in [6.07, 6.45) is 4.74. The minimum Gasteiger partial charge on any atom is -0.341 e. The van der Waals surface area contributed by atoms with Crippen LogP contribution in [0.3, 0.4) is 0 Å². The fourth-order valence-electron chi connectivity index (χ4n) is 3.25. The molecule has 152 valence electrons. The maximum atomic E-state index is 13.0. The summed E-state index contributed by atoms with van der Waals surface area (Å²) in [6, 6.07) is 8.66. The van der Waals surface area contributed by atoms with Crippen LogP contribution in [0.1, 0.15) is 36.5 Å². The summed E-state index contributed by atoms with van der Waals surface area (Å²) in [5.41, 5.74) is 0.596. The van der Waals surface area contributed by atoms with E-state index in [9.17, 15) is 9.59 Å². The molecule has 1 atom stereocenters. The summed E-state index contributed by atoms with van der Waals surface area (Å²) in [5.74, 6) is 1.38. The number of benzene rings is 1. The van der Waals surface area contributed by atoms with E-state index in [0.29, 0.717) is 17.9 Å². The standard InChI is InChI=1S/C20H31N3O2S.ClH/c1-3-21-15-16-9-12-23(13-10-16)20(25)18(11-14-26-2)22-19(24)17-7-5-4-6-8-17;/h4-8,16,18,21H,3,9-15H2,1-2H3,(H,22,24);1H. The SMILES string of the molecule is CCNCC1CCN(C(=O)C(CCSC)NC(=O)c2ccccc2)CC1.Cl. The molecule has 27 heavy (non-hydrogen) atoms. The predicted molar refractivity (Wildman–Crippen MR) is 116 cm³/mol. The number of hydrogen-bond donors (Lipinski definition) is 2. The Morgan fingerprint density at radius 3 is 2.48 bits per heavy atom. The summed E-state index contributed by atoms with van der Waals surface area (Å²) >= 11 is 1.70. The molecule has 1 aromatic rings. The van der Waals surface area contributed by atoms with Gasteiger partial charge in [0.2, 0.25) is 5.91 Å². The van der Waals surface area contributed by atoms with Crippen LogP contribution >= 0.6 is 24.2 Å². The Morgan fingerprint density at radius 1 is 1.22 bits per heavy atom. The number of rotatable bonds is 9. The van der Waals surface area contributed by atoms with Gasteiger partial charge in [-0.2, -0.15) is 11.8 Å². The molecule has 0 aromatic heterocycles. The van der Waals surface area contributed by atoms with Gasteiger partial charge in [0.15, 0.2) is 0 Å². The van der Waals surface area contributed by atoms with Crippen LogP contribution in [-0.2, 0) is 4.79 Å². The second-order valence-electron chi connectivity index (χ2n) is 6.75. The minimum absolute atomic E-state index is 0. The van der Waals surface area contributed by atoms with E-state index in [1.807, 2.05) is 29.4 Å². The van der Waals surface area contributed by atoms with Crippen LogP contribution < -0.4 is 10.6 Å². The molecule has 1 aliphatic heterocycles. The minimum atomic E-state index is -0.444. The first kappa shape index (κ1) is 23.8. The van der Waals surface area contributed by atoms with E-state index in [1.54, 1.807) is 23.9 Å². The third-order valence-corrected chi connectivity index (χ3v) is 5.50. The second kappa shape index (κ2) is 13.0. The molecule has 0 spiro atoms. The molecule has 2 rings (SSSR count). The lowest BCUT2D eigenvalue weighted by Crippen LogP contribution is -2.51. The summed E-state index contributed by atoms with van der Waals surface area (Å²) in [7, 11) is 0. The molecular formula is C20H32ClN3O2S. The Balaban J connectivity index is 0.00000364. The van der Waals surface area contributed by atoms with Crippen molar-refractivity contribution in [2.24, 2.45) is 5.92 Å². The van der Waals surface area contributed by atoms with Crippen molar-refractivity contribution in [3.63, 3.8) is 0 Å². The van der Waals surface area contributed by atoms with Gasteiger partial charge in [-0.05, 0) is 62.4 Å². The van der Waals surface area contributed by atoms with Gasteiger partial charge >= 0.3 is 0 Å². The van der Waals surface area contributed by atoms with Gasteiger partial charge in [0.1, 0.15) is 6.04 Å². The largest absolute Gasteiger partial charge is 0.341 e. The molecule has 7 heteroatoms. The average Bonchev–Trinajstić information content (AvgIpc) is 2.70. The highest BCUT2D eigenvalue weighted by Gasteiger charge is 2.29. The molecule has 2 N–H and O–H groups in total. The van der Waals surface area contributed by atoms with Crippen LogP contribution in [-0.4, -0.2) is 60.9 Å². The van der Waals surface area contributed by atoms with Crippen LogP contribution in [0.25, 0.3) is 0 Å². The zero-order valence-electron chi connectivity index (χ0n) is 16.3. The first-order valence-electron chi connectivity index (χ1n) is 9.50. The number of carbonyl (C=O) groups is 2. The summed E-state index contributed by atoms with van der Waals surface area (Å²) < 4.78 is 0. The van der Waals surface area contributed by atoms with Gasteiger partial charge < -0.3 is 15.5 Å². The van der Waals surface area contributed by atoms with E-state index < -0.39 is 6.04 Å². The second-order valence-corrected chi connectivity index (χ2v) is 7.74. The van der Waals surface area contributed by atoms with Crippen molar-refractivity contribution in [1.82, 2.24) is 15.5 Å². The Kier molecular flexibility index (Phi) is 11.5. The number of thioether (sulfide) groups is 1. The Labute approximate surface area is 173 Å². The lowest BCUT2D eigenvalue weighted by molar-refractivity contribution is -0.134. The van der Waals surface area contributed by atoms with E-state index in [1.165, 1.54) is 0 Å². The summed E-state index contributed by atoms with van der Waals surface area (Å²) in [5, 5.41) is 6.35. The van der Waals surface area contributed by atoms with Crippen LogP contribution in [0.15, 0.2) is 30.3 Å². The molecule has 0 saturated carbocycles. The fraction of sp³-hybridized carbons (Fsp3) is 0.600. The third-order valence-electron chi connectivity index (χ3n) is 4.86. The molecular weight excluding hydrogens is 382 g/mol. The van der Waals surface area contributed by atoms with E-state index in [4.69, 9.17) is 0 Å². The normalized spacial score (nSPS) is 15.7. The van der Waals surface area contributed by atoms with Crippen LogP contribution in [0.5, 0.6) is 0 Å². The number of carbonyl (C=O) groups excluding carboxylic acids is 2. The molecule has 2 amide bonds. The highest BCUT2D eigenvalue weighted by molar-refractivity contribution is 7.98. The van der Waals surface area contributed by atoms with Crippen molar-refractivity contribution in [2.75, 3.05) is 38.2 Å². The number of piperidine rings is 1. The van der Waals surface area contributed by atoms with Gasteiger partial charge in [-0.1, -0.05) is 25.1 Å². The molecule has 5 nitrogen and oxygen atoms in total. The first-order chi connectivity index (χ1) is 12.7. The van der Waals surface area contributed by atoms with Crippen LogP contribution in [0.4, 0.5) is 0 Å². The summed E-state index contributed by atoms with van der Waals surface area (Å²) in [4.78, 5) is 27.4. The van der Waals surface area contributed by atoms with Crippen LogP contribution in [0, 0.1) is 5.92 Å². The van der Waals surface area contributed by atoms with Crippen molar-refractivity contribution in [1.29, 1.82) is 0 Å². The maximum Gasteiger partial charge on any atom is 0.251 e. The van der Waals surface area contributed by atoms with E-state index in [-0.39, 0.29) is 24.2 Å². The quantitative estimate of drug-likeness (QED) is 0.653. The monoisotopic (exact) mass is 413 g/mol. The van der Waals surface area contributed by atoms with E-state index >= 15 is 0 Å². The van der Waals surface area contributed by atoms with Crippen molar-refractivity contribution in [2.45, 2.75) is 32.2 Å². The van der Waals surface area contributed by atoms with Crippen molar-refractivity contribution >= 4 is 36.0 Å². The van der Waals surface area contributed by atoms with Gasteiger partial charge in [-0.25, -0.2) is 0 Å². The van der Waals surface area contributed by atoms with E-state index in [2.05, 4.69) is 17.6 Å². The lowest BCUT2D eigenvalue weighted by atomic mass is 9.96. The third kappa shape index (κ3) is 7.72. The molecule has 1 fully saturated rings. The smallest absolute Gasteiger partial charge is 0.251 e. The van der Waals surface area contributed by atoms with Crippen molar-refractivity contribution in [3.05, 3.63) is 35.9 Å². The zero-order valence-corrected chi connectivity index (χ0v) is 17.9. The lowest BCUT2D eigenvalue weighted by Gasteiger charge is -2.34. The van der Waals surface area contributed by atoms with Crippen molar-refractivity contribution < 1.29 is 9.59 Å². The molecule has 0 bridgehead atoms. The van der Waals surface area contributed by atoms with Gasteiger partial charge in [0.05, 0.1) is 0 Å². The van der Waals surface area contributed by atoms with E-state index in [0.717, 1.165) is 44.8 Å². The first-order valence-corrected chi connectivity index (χ1v) is 10.9. The molecule has 0 aliphatic carbocycles.